The topological polar surface area (TPSA) is 58.2 Å². The van der Waals surface area contributed by atoms with E-state index in [2.05, 4.69) is 10.6 Å². The maximum absolute atomic E-state index is 11.9. The van der Waals surface area contributed by atoms with Gasteiger partial charge >= 0.3 is 0 Å². The van der Waals surface area contributed by atoms with E-state index in [0.29, 0.717) is 6.54 Å². The van der Waals surface area contributed by atoms with E-state index in [-0.39, 0.29) is 17.9 Å². The standard InChI is InChI=1S/C21H22N2O2/c1-17(23-21(25)15-13-19-10-6-3-7-11-19)16-22-20(24)14-12-18-8-4-2-5-9-18/h2-15,17H,16H2,1H3,(H,22,24)(H,23,25)/b14-12+,15-13+/t17-/m1/s1. The minimum absolute atomic E-state index is 0.165. The van der Waals surface area contributed by atoms with E-state index in [4.69, 9.17) is 0 Å². The van der Waals surface area contributed by atoms with E-state index >= 15 is 0 Å². The molecule has 4 heteroatoms. The van der Waals surface area contributed by atoms with Crippen LogP contribution in [0, 0.1) is 0 Å². The first-order valence-electron chi connectivity index (χ1n) is 8.18. The first kappa shape index (κ1) is 18.2. The van der Waals surface area contributed by atoms with Gasteiger partial charge in [0.1, 0.15) is 0 Å². The number of hydrogen-bond acceptors (Lipinski definition) is 2. The third-order valence-corrected chi connectivity index (χ3v) is 3.42. The Hall–Kier alpha value is -3.14. The molecule has 2 N–H and O–H groups in total. The van der Waals surface area contributed by atoms with Crippen LogP contribution in [0.15, 0.2) is 72.8 Å². The third kappa shape index (κ3) is 7.31. The zero-order valence-electron chi connectivity index (χ0n) is 14.2. The van der Waals surface area contributed by atoms with Gasteiger partial charge in [0, 0.05) is 24.7 Å². The van der Waals surface area contributed by atoms with Gasteiger partial charge in [-0.1, -0.05) is 60.7 Å². The van der Waals surface area contributed by atoms with E-state index in [1.807, 2.05) is 67.6 Å². The number of amides is 2. The van der Waals surface area contributed by atoms with Crippen LogP contribution in [0.4, 0.5) is 0 Å². The highest BCUT2D eigenvalue weighted by molar-refractivity contribution is 5.92. The zero-order valence-corrected chi connectivity index (χ0v) is 14.2. The Labute approximate surface area is 148 Å². The van der Waals surface area contributed by atoms with Gasteiger partial charge in [0.25, 0.3) is 0 Å². The summed E-state index contributed by atoms with van der Waals surface area (Å²) in [7, 11) is 0. The molecule has 2 rings (SSSR count). The average Bonchev–Trinajstić information content (AvgIpc) is 2.65. The molecule has 0 aliphatic carbocycles. The van der Waals surface area contributed by atoms with E-state index in [1.54, 1.807) is 12.2 Å². The Morgan fingerprint density at radius 2 is 1.32 bits per heavy atom. The Morgan fingerprint density at radius 1 is 0.840 bits per heavy atom. The van der Waals surface area contributed by atoms with Gasteiger partial charge in [0.15, 0.2) is 0 Å². The third-order valence-electron chi connectivity index (χ3n) is 3.42. The molecule has 0 saturated heterocycles. The first-order valence-corrected chi connectivity index (χ1v) is 8.18. The molecule has 2 aromatic rings. The fourth-order valence-electron chi connectivity index (χ4n) is 2.13. The van der Waals surface area contributed by atoms with Crippen LogP contribution in [0.5, 0.6) is 0 Å². The number of benzene rings is 2. The highest BCUT2D eigenvalue weighted by Gasteiger charge is 2.05. The van der Waals surface area contributed by atoms with Crippen LogP contribution >= 0.6 is 0 Å². The molecule has 0 aliphatic rings. The zero-order chi connectivity index (χ0) is 17.9. The molecule has 2 aromatic carbocycles. The van der Waals surface area contributed by atoms with Crippen LogP contribution in [-0.4, -0.2) is 24.4 Å². The summed E-state index contributed by atoms with van der Waals surface area (Å²) < 4.78 is 0. The summed E-state index contributed by atoms with van der Waals surface area (Å²) in [4.78, 5) is 23.7. The fourth-order valence-corrected chi connectivity index (χ4v) is 2.13. The Bertz CT molecular complexity index is 737. The van der Waals surface area contributed by atoms with Crippen LogP contribution in [0.2, 0.25) is 0 Å². The van der Waals surface area contributed by atoms with Crippen molar-refractivity contribution in [2.75, 3.05) is 6.54 Å². The lowest BCUT2D eigenvalue weighted by Gasteiger charge is -2.12. The average molecular weight is 334 g/mol. The SMILES string of the molecule is C[C@H](CNC(=O)/C=C/c1ccccc1)NC(=O)/C=C/c1ccccc1. The molecule has 0 saturated carbocycles. The summed E-state index contributed by atoms with van der Waals surface area (Å²) in [5, 5.41) is 5.58. The second-order valence-corrected chi connectivity index (χ2v) is 5.64. The quantitative estimate of drug-likeness (QED) is 0.765. The van der Waals surface area contributed by atoms with Gasteiger partial charge < -0.3 is 10.6 Å². The van der Waals surface area contributed by atoms with Gasteiger partial charge in [-0.05, 0) is 30.2 Å². The minimum atomic E-state index is -0.190. The minimum Gasteiger partial charge on any atom is -0.351 e. The van der Waals surface area contributed by atoms with Gasteiger partial charge in [-0.25, -0.2) is 0 Å². The summed E-state index contributed by atoms with van der Waals surface area (Å²) in [6, 6.07) is 19.0. The molecule has 0 aliphatic heterocycles. The predicted octanol–water partition coefficient (Wildman–Crippen LogP) is 3.03. The number of carbonyl (C=O) groups excluding carboxylic acids is 2. The van der Waals surface area contributed by atoms with Crippen LogP contribution in [0.3, 0.4) is 0 Å². The van der Waals surface area contributed by atoms with Crippen molar-refractivity contribution in [1.29, 1.82) is 0 Å². The molecule has 0 radical (unpaired) electrons. The van der Waals surface area contributed by atoms with E-state index in [1.165, 1.54) is 12.2 Å². The normalized spacial score (nSPS) is 12.2. The molecule has 1 atom stereocenters. The van der Waals surface area contributed by atoms with Crippen molar-refractivity contribution in [2.24, 2.45) is 0 Å². The molecule has 0 spiro atoms. The number of carbonyl (C=O) groups is 2. The molecule has 0 heterocycles. The van der Waals surface area contributed by atoms with Crippen molar-refractivity contribution in [3.05, 3.63) is 83.9 Å². The lowest BCUT2D eigenvalue weighted by Crippen LogP contribution is -2.40. The summed E-state index contributed by atoms with van der Waals surface area (Å²) in [6.07, 6.45) is 6.48. The highest BCUT2D eigenvalue weighted by atomic mass is 16.2. The largest absolute Gasteiger partial charge is 0.351 e. The summed E-state index contributed by atoms with van der Waals surface area (Å²) >= 11 is 0. The Balaban J connectivity index is 1.71. The second kappa shape index (κ2) is 9.88. The van der Waals surface area contributed by atoms with Crippen LogP contribution in [0.1, 0.15) is 18.1 Å². The van der Waals surface area contributed by atoms with Gasteiger partial charge in [0.05, 0.1) is 0 Å². The lowest BCUT2D eigenvalue weighted by molar-refractivity contribution is -0.118. The number of hydrogen-bond donors (Lipinski definition) is 2. The van der Waals surface area contributed by atoms with Gasteiger partial charge in [-0.15, -0.1) is 0 Å². The fraction of sp³-hybridized carbons (Fsp3) is 0.143. The van der Waals surface area contributed by atoms with E-state index < -0.39 is 0 Å². The molecule has 25 heavy (non-hydrogen) atoms. The van der Waals surface area contributed by atoms with Gasteiger partial charge in [0.2, 0.25) is 11.8 Å². The molecular weight excluding hydrogens is 312 g/mol. The monoisotopic (exact) mass is 334 g/mol. The number of nitrogens with one attached hydrogen (secondary N) is 2. The van der Waals surface area contributed by atoms with Crippen molar-refractivity contribution < 1.29 is 9.59 Å². The molecule has 0 aromatic heterocycles. The van der Waals surface area contributed by atoms with Crippen molar-refractivity contribution >= 4 is 24.0 Å². The van der Waals surface area contributed by atoms with Crippen LogP contribution in [-0.2, 0) is 9.59 Å². The molecule has 4 nitrogen and oxygen atoms in total. The second-order valence-electron chi connectivity index (χ2n) is 5.64. The highest BCUT2D eigenvalue weighted by Crippen LogP contribution is 2.01. The van der Waals surface area contributed by atoms with E-state index in [9.17, 15) is 9.59 Å². The van der Waals surface area contributed by atoms with Crippen LogP contribution in [0.25, 0.3) is 12.2 Å². The summed E-state index contributed by atoms with van der Waals surface area (Å²) in [6.45, 7) is 2.21. The molecule has 0 unspecified atom stereocenters. The lowest BCUT2D eigenvalue weighted by atomic mass is 10.2. The summed E-state index contributed by atoms with van der Waals surface area (Å²) in [5.74, 6) is -0.379. The van der Waals surface area contributed by atoms with Crippen LogP contribution < -0.4 is 10.6 Å². The molecular formula is C21H22N2O2. The molecule has 2 amide bonds. The Kier molecular flexibility index (Phi) is 7.19. The maximum Gasteiger partial charge on any atom is 0.244 e. The summed E-state index contributed by atoms with van der Waals surface area (Å²) in [5.41, 5.74) is 1.93. The van der Waals surface area contributed by atoms with Crippen molar-refractivity contribution in [3.8, 4) is 0 Å². The van der Waals surface area contributed by atoms with Crippen molar-refractivity contribution in [2.45, 2.75) is 13.0 Å². The smallest absolute Gasteiger partial charge is 0.244 e. The molecule has 0 bridgehead atoms. The molecule has 0 fully saturated rings. The predicted molar refractivity (Wildman–Crippen MR) is 102 cm³/mol. The first-order chi connectivity index (χ1) is 12.1. The van der Waals surface area contributed by atoms with Gasteiger partial charge in [-0.3, -0.25) is 9.59 Å². The number of rotatable bonds is 7. The van der Waals surface area contributed by atoms with E-state index in [0.717, 1.165) is 11.1 Å². The van der Waals surface area contributed by atoms with Crippen molar-refractivity contribution in [3.63, 3.8) is 0 Å². The molecule has 128 valence electrons. The Morgan fingerprint density at radius 3 is 1.84 bits per heavy atom. The van der Waals surface area contributed by atoms with Gasteiger partial charge in [-0.2, -0.15) is 0 Å². The maximum atomic E-state index is 11.9. The van der Waals surface area contributed by atoms with Crippen molar-refractivity contribution in [1.82, 2.24) is 10.6 Å².